The number of rotatable bonds is 7. The second-order valence-corrected chi connectivity index (χ2v) is 11.2. The number of allylic oxidation sites excluding steroid dienone is 1. The van der Waals surface area contributed by atoms with E-state index in [0.717, 1.165) is 24.7 Å². The van der Waals surface area contributed by atoms with E-state index in [0.29, 0.717) is 33.0 Å². The number of nitrogens with zero attached hydrogens (tertiary/aromatic N) is 2. The van der Waals surface area contributed by atoms with Crippen molar-refractivity contribution >= 4 is 61.9 Å². The van der Waals surface area contributed by atoms with Gasteiger partial charge in [-0.3, -0.25) is 9.36 Å². The minimum Gasteiger partial charge on any atom is -0.488 e. The standard InChI is InChI=1S/C27H24BrIN2O4S/c1-5-11-35-24-18(12-19(28)14-20(24)29)13-21-25(32)31-23(17-9-7-15(3)8-10-17)22(26(33)34-6-2)16(4)30-27(31)36-21/h5,7-10,12-14,23H,1,6,11H2,2-4H3/b21-13-/t23-/m1/s1. The Morgan fingerprint density at radius 2 is 2.00 bits per heavy atom. The number of carbonyl (C=O) groups excluding carboxylic acids is 1. The molecule has 36 heavy (non-hydrogen) atoms. The zero-order valence-electron chi connectivity index (χ0n) is 20.0. The van der Waals surface area contributed by atoms with Crippen LogP contribution in [0.15, 0.2) is 74.6 Å². The number of benzene rings is 2. The Hall–Kier alpha value is -2.50. The summed E-state index contributed by atoms with van der Waals surface area (Å²) in [4.78, 5) is 32.0. The molecular weight excluding hydrogens is 655 g/mol. The van der Waals surface area contributed by atoms with E-state index in [1.54, 1.807) is 24.5 Å². The highest BCUT2D eigenvalue weighted by Crippen LogP contribution is 2.32. The van der Waals surface area contributed by atoms with Crippen LogP contribution in [0.4, 0.5) is 0 Å². The Morgan fingerprint density at radius 3 is 2.67 bits per heavy atom. The third-order valence-electron chi connectivity index (χ3n) is 5.58. The number of esters is 1. The van der Waals surface area contributed by atoms with Crippen LogP contribution in [-0.2, 0) is 9.53 Å². The van der Waals surface area contributed by atoms with E-state index >= 15 is 0 Å². The van der Waals surface area contributed by atoms with Crippen LogP contribution in [0.2, 0.25) is 0 Å². The molecule has 3 aromatic rings. The van der Waals surface area contributed by atoms with Crippen molar-refractivity contribution in [1.29, 1.82) is 0 Å². The van der Waals surface area contributed by atoms with Crippen molar-refractivity contribution in [2.45, 2.75) is 26.8 Å². The second kappa shape index (κ2) is 11.3. The van der Waals surface area contributed by atoms with Gasteiger partial charge in [-0.05, 0) is 67.1 Å². The monoisotopic (exact) mass is 678 g/mol. The lowest BCUT2D eigenvalue weighted by Crippen LogP contribution is -2.39. The van der Waals surface area contributed by atoms with Crippen molar-refractivity contribution in [2.75, 3.05) is 13.2 Å². The average Bonchev–Trinajstić information content (AvgIpc) is 3.12. The van der Waals surface area contributed by atoms with Crippen LogP contribution in [0.5, 0.6) is 5.75 Å². The Kier molecular flexibility index (Phi) is 8.31. The molecule has 0 N–H and O–H groups in total. The van der Waals surface area contributed by atoms with Gasteiger partial charge in [0.05, 0.1) is 32.0 Å². The predicted molar refractivity (Wildman–Crippen MR) is 154 cm³/mol. The fraction of sp³-hybridized carbons (Fsp3) is 0.222. The van der Waals surface area contributed by atoms with Crippen molar-refractivity contribution in [3.05, 3.63) is 105 Å². The van der Waals surface area contributed by atoms with Crippen LogP contribution in [0.25, 0.3) is 6.08 Å². The van der Waals surface area contributed by atoms with E-state index in [1.807, 2.05) is 49.4 Å². The van der Waals surface area contributed by atoms with Crippen LogP contribution < -0.4 is 19.6 Å². The molecule has 0 radical (unpaired) electrons. The van der Waals surface area contributed by atoms with Crippen LogP contribution in [0.3, 0.4) is 0 Å². The Bertz CT molecular complexity index is 1550. The molecule has 1 aromatic heterocycles. The molecule has 186 valence electrons. The Labute approximate surface area is 234 Å². The largest absolute Gasteiger partial charge is 0.488 e. The fourth-order valence-electron chi connectivity index (χ4n) is 3.98. The molecule has 0 amide bonds. The number of fused-ring (bicyclic) bond motifs is 1. The van der Waals surface area contributed by atoms with E-state index in [2.05, 4.69) is 50.1 Å². The third kappa shape index (κ3) is 5.28. The van der Waals surface area contributed by atoms with Gasteiger partial charge in [0, 0.05) is 10.0 Å². The molecule has 0 fully saturated rings. The summed E-state index contributed by atoms with van der Waals surface area (Å²) in [6, 6.07) is 11.0. The molecule has 1 aliphatic heterocycles. The number of hydrogen-bond donors (Lipinski definition) is 0. The van der Waals surface area contributed by atoms with Crippen LogP contribution >= 0.6 is 49.9 Å². The average molecular weight is 679 g/mol. The van der Waals surface area contributed by atoms with Gasteiger partial charge in [-0.25, -0.2) is 9.79 Å². The summed E-state index contributed by atoms with van der Waals surface area (Å²) in [7, 11) is 0. The van der Waals surface area contributed by atoms with Gasteiger partial charge in [-0.2, -0.15) is 0 Å². The smallest absolute Gasteiger partial charge is 0.338 e. The first kappa shape index (κ1) is 26.6. The first-order valence-electron chi connectivity index (χ1n) is 11.2. The zero-order chi connectivity index (χ0) is 26.0. The molecule has 4 rings (SSSR count). The number of halogens is 2. The molecule has 6 nitrogen and oxygen atoms in total. The van der Waals surface area contributed by atoms with Gasteiger partial charge in [0.25, 0.3) is 5.56 Å². The highest BCUT2D eigenvalue weighted by Gasteiger charge is 2.33. The van der Waals surface area contributed by atoms with E-state index in [-0.39, 0.29) is 12.2 Å². The minimum atomic E-state index is -0.637. The lowest BCUT2D eigenvalue weighted by atomic mass is 9.95. The predicted octanol–water partition coefficient (Wildman–Crippen LogP) is 5.04. The maximum Gasteiger partial charge on any atom is 0.338 e. The highest BCUT2D eigenvalue weighted by atomic mass is 127. The van der Waals surface area contributed by atoms with Gasteiger partial charge < -0.3 is 9.47 Å². The van der Waals surface area contributed by atoms with Gasteiger partial charge >= 0.3 is 5.97 Å². The fourth-order valence-corrected chi connectivity index (χ4v) is 6.72. The van der Waals surface area contributed by atoms with E-state index < -0.39 is 12.0 Å². The summed E-state index contributed by atoms with van der Waals surface area (Å²) in [5.41, 5.74) is 3.33. The summed E-state index contributed by atoms with van der Waals surface area (Å²) in [6.07, 6.45) is 3.49. The summed E-state index contributed by atoms with van der Waals surface area (Å²) in [5.74, 6) is 0.197. The minimum absolute atomic E-state index is 0.232. The SMILES string of the molecule is C=CCOc1c(I)cc(Br)cc1/C=c1\sc2n(c1=O)[C@H](c1ccc(C)cc1)C(C(=O)OCC)=C(C)N=2. The maximum atomic E-state index is 13.8. The van der Waals surface area contributed by atoms with Crippen molar-refractivity contribution in [3.8, 4) is 5.75 Å². The number of hydrogen-bond acceptors (Lipinski definition) is 6. The second-order valence-electron chi connectivity index (χ2n) is 8.12. The van der Waals surface area contributed by atoms with E-state index in [4.69, 9.17) is 9.47 Å². The molecule has 2 aromatic carbocycles. The molecule has 0 spiro atoms. The molecular formula is C27H24BrIN2O4S. The number of ether oxygens (including phenoxy) is 2. The van der Waals surface area contributed by atoms with Crippen LogP contribution in [-0.4, -0.2) is 23.8 Å². The molecule has 1 atom stereocenters. The summed E-state index contributed by atoms with van der Waals surface area (Å²) < 4.78 is 15.1. The maximum absolute atomic E-state index is 13.8. The van der Waals surface area contributed by atoms with Gasteiger partial charge in [0.2, 0.25) is 0 Å². The molecule has 0 unspecified atom stereocenters. The van der Waals surface area contributed by atoms with Crippen LogP contribution in [0, 0.1) is 10.5 Å². The lowest BCUT2D eigenvalue weighted by molar-refractivity contribution is -0.139. The molecule has 0 aliphatic carbocycles. The van der Waals surface area contributed by atoms with Crippen molar-refractivity contribution < 1.29 is 14.3 Å². The van der Waals surface area contributed by atoms with Crippen molar-refractivity contribution in [3.63, 3.8) is 0 Å². The van der Waals surface area contributed by atoms with E-state index in [1.165, 1.54) is 11.3 Å². The van der Waals surface area contributed by atoms with Crippen molar-refractivity contribution in [2.24, 2.45) is 4.99 Å². The zero-order valence-corrected chi connectivity index (χ0v) is 24.6. The summed E-state index contributed by atoms with van der Waals surface area (Å²) in [6.45, 7) is 9.83. The molecule has 0 saturated carbocycles. The number of carbonyl (C=O) groups is 1. The topological polar surface area (TPSA) is 69.9 Å². The quantitative estimate of drug-likeness (QED) is 0.200. The lowest BCUT2D eigenvalue weighted by Gasteiger charge is -2.24. The first-order chi connectivity index (χ1) is 17.2. The van der Waals surface area contributed by atoms with Gasteiger partial charge in [0.1, 0.15) is 12.4 Å². The molecule has 0 bridgehead atoms. The Morgan fingerprint density at radius 1 is 1.28 bits per heavy atom. The molecule has 2 heterocycles. The number of aryl methyl sites for hydroxylation is 1. The van der Waals surface area contributed by atoms with E-state index in [9.17, 15) is 9.59 Å². The number of aromatic nitrogens is 1. The normalized spacial score (nSPS) is 15.4. The van der Waals surface area contributed by atoms with Gasteiger partial charge in [-0.1, -0.05) is 69.8 Å². The van der Waals surface area contributed by atoms with Gasteiger partial charge in [-0.15, -0.1) is 0 Å². The summed E-state index contributed by atoms with van der Waals surface area (Å²) >= 11 is 7.03. The third-order valence-corrected chi connectivity index (χ3v) is 7.82. The van der Waals surface area contributed by atoms with Gasteiger partial charge in [0.15, 0.2) is 4.80 Å². The number of thiazole rings is 1. The summed E-state index contributed by atoms with van der Waals surface area (Å²) in [5, 5.41) is 0. The molecule has 9 heteroatoms. The first-order valence-corrected chi connectivity index (χ1v) is 13.9. The highest BCUT2D eigenvalue weighted by molar-refractivity contribution is 14.1. The molecule has 1 aliphatic rings. The Balaban J connectivity index is 1.96. The van der Waals surface area contributed by atoms with Crippen molar-refractivity contribution in [1.82, 2.24) is 4.57 Å². The molecule has 0 saturated heterocycles. The van der Waals surface area contributed by atoms with Crippen LogP contribution in [0.1, 0.15) is 36.6 Å².